The predicted octanol–water partition coefficient (Wildman–Crippen LogP) is 5.28. The lowest BCUT2D eigenvalue weighted by Gasteiger charge is -2.28. The highest BCUT2D eigenvalue weighted by Crippen LogP contribution is 2.44. The molecule has 0 aromatic heterocycles. The fourth-order valence-electron chi connectivity index (χ4n) is 2.34. The number of hydrogen-bond donors (Lipinski definition) is 1. The van der Waals surface area contributed by atoms with Crippen LogP contribution in [-0.2, 0) is 4.43 Å². The Kier molecular flexibility index (Phi) is 5.43. The van der Waals surface area contributed by atoms with Gasteiger partial charge in [-0.3, -0.25) is 0 Å². The van der Waals surface area contributed by atoms with Crippen molar-refractivity contribution in [1.29, 1.82) is 0 Å². The second-order valence-electron chi connectivity index (χ2n) is 7.30. The second-order valence-corrected chi connectivity index (χ2v) is 12.6. The van der Waals surface area contributed by atoms with Crippen molar-refractivity contribution in [3.63, 3.8) is 0 Å². The average Bonchev–Trinajstić information content (AvgIpc) is 3.05. The van der Waals surface area contributed by atoms with Crippen LogP contribution in [0.1, 0.15) is 31.4 Å². The van der Waals surface area contributed by atoms with Crippen LogP contribution in [0.3, 0.4) is 0 Å². The number of benzene rings is 1. The van der Waals surface area contributed by atoms with Crippen molar-refractivity contribution in [1.82, 2.24) is 5.32 Å². The third-order valence-electron chi connectivity index (χ3n) is 3.80. The van der Waals surface area contributed by atoms with E-state index in [2.05, 4.69) is 31.9 Å². The van der Waals surface area contributed by atoms with E-state index in [4.69, 9.17) is 27.6 Å². The third kappa shape index (κ3) is 5.26. The molecule has 1 aliphatic carbocycles. The summed E-state index contributed by atoms with van der Waals surface area (Å²) in [6.07, 6.45) is 2.54. The van der Waals surface area contributed by atoms with E-state index in [1.807, 2.05) is 18.2 Å². The molecule has 1 fully saturated rings. The highest BCUT2D eigenvalue weighted by atomic mass is 35.5. The molecule has 1 N–H and O–H groups in total. The summed E-state index contributed by atoms with van der Waals surface area (Å²) in [5, 5.41) is 4.91. The van der Waals surface area contributed by atoms with E-state index in [0.717, 1.165) is 18.7 Å². The molecule has 1 aromatic carbocycles. The Bertz CT molecular complexity index is 477. The summed E-state index contributed by atoms with van der Waals surface area (Å²) in [7, 11) is -1.69. The van der Waals surface area contributed by atoms with E-state index in [1.165, 1.54) is 12.8 Å². The topological polar surface area (TPSA) is 21.3 Å². The minimum atomic E-state index is -1.69. The van der Waals surface area contributed by atoms with Gasteiger partial charge in [0, 0.05) is 28.7 Å². The van der Waals surface area contributed by atoms with Gasteiger partial charge in [-0.25, -0.2) is 0 Å². The van der Waals surface area contributed by atoms with Crippen molar-refractivity contribution in [3.8, 4) is 0 Å². The molecule has 0 aliphatic heterocycles. The molecule has 1 unspecified atom stereocenters. The molecule has 2 rings (SSSR count). The molecule has 2 nitrogen and oxygen atoms in total. The maximum Gasteiger partial charge on any atom is 0.184 e. The molecule has 0 amide bonds. The van der Waals surface area contributed by atoms with E-state index < -0.39 is 8.32 Å². The Morgan fingerprint density at radius 3 is 2.29 bits per heavy atom. The van der Waals surface area contributed by atoms with Gasteiger partial charge in [0.25, 0.3) is 0 Å². The van der Waals surface area contributed by atoms with E-state index in [1.54, 1.807) is 0 Å². The Labute approximate surface area is 139 Å². The molecule has 0 bridgehead atoms. The van der Waals surface area contributed by atoms with Crippen molar-refractivity contribution in [2.75, 3.05) is 13.1 Å². The number of nitrogens with one attached hydrogen (secondary N) is 1. The average molecular weight is 346 g/mol. The van der Waals surface area contributed by atoms with Gasteiger partial charge in [0.15, 0.2) is 8.32 Å². The van der Waals surface area contributed by atoms with Gasteiger partial charge in [0.1, 0.15) is 0 Å². The standard InChI is InChI=1S/C16H25Cl2NOSi/c1-16(8-9-16)11-19-10-14(20-21(2,3)4)15-12(17)6-5-7-13(15)18/h5-7,14,19H,8-11H2,1-4H3. The second kappa shape index (κ2) is 6.59. The highest BCUT2D eigenvalue weighted by Gasteiger charge is 2.37. The van der Waals surface area contributed by atoms with Crippen LogP contribution < -0.4 is 5.32 Å². The van der Waals surface area contributed by atoms with Gasteiger partial charge in [-0.1, -0.05) is 36.2 Å². The molecule has 1 saturated carbocycles. The zero-order valence-corrected chi connectivity index (χ0v) is 15.8. The summed E-state index contributed by atoms with van der Waals surface area (Å²) in [5.41, 5.74) is 1.39. The molecule has 118 valence electrons. The first kappa shape index (κ1) is 17.3. The van der Waals surface area contributed by atoms with Crippen LogP contribution in [0.15, 0.2) is 18.2 Å². The monoisotopic (exact) mass is 345 g/mol. The van der Waals surface area contributed by atoms with Gasteiger partial charge in [-0.05, 0) is 50.0 Å². The Morgan fingerprint density at radius 1 is 1.24 bits per heavy atom. The molecule has 0 spiro atoms. The summed E-state index contributed by atoms with van der Waals surface area (Å²) in [6, 6.07) is 5.63. The minimum absolute atomic E-state index is 0.0831. The molecule has 1 aliphatic rings. The molecule has 1 aromatic rings. The Morgan fingerprint density at radius 2 is 1.81 bits per heavy atom. The van der Waals surface area contributed by atoms with Crippen LogP contribution in [-0.4, -0.2) is 21.4 Å². The van der Waals surface area contributed by atoms with Gasteiger partial charge in [0.05, 0.1) is 6.10 Å². The first-order chi connectivity index (χ1) is 9.70. The Hall–Kier alpha value is -0.0631. The van der Waals surface area contributed by atoms with Crippen LogP contribution in [0.25, 0.3) is 0 Å². The van der Waals surface area contributed by atoms with Crippen molar-refractivity contribution in [3.05, 3.63) is 33.8 Å². The van der Waals surface area contributed by atoms with Gasteiger partial charge < -0.3 is 9.74 Å². The number of rotatable bonds is 7. The molecule has 0 heterocycles. The van der Waals surface area contributed by atoms with Crippen LogP contribution in [0, 0.1) is 5.41 Å². The normalized spacial score (nSPS) is 18.6. The molecular formula is C16H25Cl2NOSi. The number of hydrogen-bond acceptors (Lipinski definition) is 2. The van der Waals surface area contributed by atoms with E-state index in [0.29, 0.717) is 15.5 Å². The van der Waals surface area contributed by atoms with Crippen molar-refractivity contribution in [2.24, 2.45) is 5.41 Å². The van der Waals surface area contributed by atoms with E-state index in [9.17, 15) is 0 Å². The molecular weight excluding hydrogens is 321 g/mol. The summed E-state index contributed by atoms with van der Waals surface area (Å²) in [5.74, 6) is 0. The molecule has 21 heavy (non-hydrogen) atoms. The van der Waals surface area contributed by atoms with Crippen molar-refractivity contribution < 1.29 is 4.43 Å². The van der Waals surface area contributed by atoms with Crippen molar-refractivity contribution in [2.45, 2.75) is 45.5 Å². The first-order valence-electron chi connectivity index (χ1n) is 7.53. The SMILES string of the molecule is CC1(CNCC(O[Si](C)(C)C)c2c(Cl)cccc2Cl)CC1. The lowest BCUT2D eigenvalue weighted by molar-refractivity contribution is 0.191. The number of halogens is 2. The molecule has 1 atom stereocenters. The van der Waals surface area contributed by atoms with E-state index in [-0.39, 0.29) is 6.10 Å². The quantitative estimate of drug-likeness (QED) is 0.679. The smallest absolute Gasteiger partial charge is 0.184 e. The third-order valence-corrected chi connectivity index (χ3v) is 5.45. The van der Waals surface area contributed by atoms with Crippen LogP contribution in [0.5, 0.6) is 0 Å². The maximum atomic E-state index is 6.36. The first-order valence-corrected chi connectivity index (χ1v) is 11.7. The summed E-state index contributed by atoms with van der Waals surface area (Å²) in [4.78, 5) is 0. The fourth-order valence-corrected chi connectivity index (χ4v) is 4.04. The Balaban J connectivity index is 2.11. The van der Waals surface area contributed by atoms with E-state index >= 15 is 0 Å². The van der Waals surface area contributed by atoms with Crippen LogP contribution >= 0.6 is 23.2 Å². The molecule has 5 heteroatoms. The minimum Gasteiger partial charge on any atom is -0.409 e. The summed E-state index contributed by atoms with van der Waals surface area (Å²) >= 11 is 12.7. The maximum absolute atomic E-state index is 6.36. The van der Waals surface area contributed by atoms with Crippen molar-refractivity contribution >= 4 is 31.5 Å². The highest BCUT2D eigenvalue weighted by molar-refractivity contribution is 6.69. The van der Waals surface area contributed by atoms with Crippen LogP contribution in [0.4, 0.5) is 0 Å². The molecule has 0 radical (unpaired) electrons. The zero-order chi connectivity index (χ0) is 15.7. The fraction of sp³-hybridized carbons (Fsp3) is 0.625. The predicted molar refractivity (Wildman–Crippen MR) is 93.8 cm³/mol. The van der Waals surface area contributed by atoms with Gasteiger partial charge >= 0.3 is 0 Å². The molecule has 0 saturated heterocycles. The summed E-state index contributed by atoms with van der Waals surface area (Å²) < 4.78 is 6.33. The largest absolute Gasteiger partial charge is 0.409 e. The van der Waals surface area contributed by atoms with Gasteiger partial charge in [-0.2, -0.15) is 0 Å². The lowest BCUT2D eigenvalue weighted by Crippen LogP contribution is -2.35. The van der Waals surface area contributed by atoms with Gasteiger partial charge in [-0.15, -0.1) is 0 Å². The zero-order valence-electron chi connectivity index (χ0n) is 13.3. The summed E-state index contributed by atoms with van der Waals surface area (Å²) in [6.45, 7) is 10.7. The van der Waals surface area contributed by atoms with Crippen LogP contribution in [0.2, 0.25) is 29.7 Å². The lowest BCUT2D eigenvalue weighted by atomic mass is 10.1. The van der Waals surface area contributed by atoms with Gasteiger partial charge in [0.2, 0.25) is 0 Å².